The standard InChI is InChI=1S/C21H27N3O2/c1-22(2)15-16-7-9-17(10-8-16)19-6-4-5-12-24(19)21(26)18-11-13-23(3)20(25)14-18/h7-11,13-14,19H,4-6,12,15H2,1-3H3/t19-/m1/s1. The lowest BCUT2D eigenvalue weighted by Crippen LogP contribution is -2.39. The van der Waals surface area contributed by atoms with Crippen molar-refractivity contribution in [1.29, 1.82) is 0 Å². The van der Waals surface area contributed by atoms with Crippen LogP contribution in [0.3, 0.4) is 0 Å². The Labute approximate surface area is 154 Å². The van der Waals surface area contributed by atoms with Crippen LogP contribution in [-0.2, 0) is 13.6 Å². The van der Waals surface area contributed by atoms with Gasteiger partial charge in [-0.3, -0.25) is 9.59 Å². The summed E-state index contributed by atoms with van der Waals surface area (Å²) >= 11 is 0. The third kappa shape index (κ3) is 4.05. The van der Waals surface area contributed by atoms with Gasteiger partial charge in [0.25, 0.3) is 11.5 Å². The first-order valence-corrected chi connectivity index (χ1v) is 9.17. The van der Waals surface area contributed by atoms with Crippen molar-refractivity contribution >= 4 is 5.91 Å². The molecule has 0 saturated carbocycles. The molecule has 2 heterocycles. The minimum Gasteiger partial charge on any atom is -0.332 e. The molecule has 1 saturated heterocycles. The zero-order chi connectivity index (χ0) is 18.7. The van der Waals surface area contributed by atoms with Gasteiger partial charge in [0.1, 0.15) is 0 Å². The Kier molecular flexibility index (Phi) is 5.57. The Bertz CT molecular complexity index is 824. The number of benzene rings is 1. The van der Waals surface area contributed by atoms with Crippen LogP contribution in [0.5, 0.6) is 0 Å². The smallest absolute Gasteiger partial charge is 0.254 e. The van der Waals surface area contributed by atoms with Crippen molar-refractivity contribution in [1.82, 2.24) is 14.4 Å². The number of carbonyl (C=O) groups is 1. The van der Waals surface area contributed by atoms with Gasteiger partial charge in [-0.2, -0.15) is 0 Å². The molecule has 0 aliphatic carbocycles. The molecule has 0 spiro atoms. The third-order valence-corrected chi connectivity index (χ3v) is 4.98. The van der Waals surface area contributed by atoms with Crippen LogP contribution in [0, 0.1) is 0 Å². The Morgan fingerprint density at radius 2 is 1.88 bits per heavy atom. The summed E-state index contributed by atoms with van der Waals surface area (Å²) in [6.45, 7) is 1.64. The van der Waals surface area contributed by atoms with Crippen molar-refractivity contribution < 1.29 is 4.79 Å². The molecule has 1 aliphatic heterocycles. The summed E-state index contributed by atoms with van der Waals surface area (Å²) in [5.74, 6) is -0.0511. The predicted octanol–water partition coefficient (Wildman–Crippen LogP) is 2.81. The van der Waals surface area contributed by atoms with Crippen LogP contribution in [0.1, 0.15) is 46.8 Å². The van der Waals surface area contributed by atoms with E-state index in [-0.39, 0.29) is 17.5 Å². The molecular weight excluding hydrogens is 326 g/mol. The molecule has 2 aromatic rings. The second-order valence-corrected chi connectivity index (χ2v) is 7.35. The Morgan fingerprint density at radius 3 is 2.54 bits per heavy atom. The van der Waals surface area contributed by atoms with Gasteiger partial charge in [0.2, 0.25) is 0 Å². The predicted molar refractivity (Wildman–Crippen MR) is 103 cm³/mol. The second-order valence-electron chi connectivity index (χ2n) is 7.35. The average Bonchev–Trinajstić information content (AvgIpc) is 2.63. The van der Waals surface area contributed by atoms with Crippen LogP contribution in [0.15, 0.2) is 47.4 Å². The van der Waals surface area contributed by atoms with Crippen LogP contribution < -0.4 is 5.56 Å². The monoisotopic (exact) mass is 353 g/mol. The third-order valence-electron chi connectivity index (χ3n) is 4.98. The molecule has 0 bridgehead atoms. The normalized spacial score (nSPS) is 17.5. The molecule has 3 rings (SSSR count). The first kappa shape index (κ1) is 18.4. The molecule has 1 atom stereocenters. The summed E-state index contributed by atoms with van der Waals surface area (Å²) in [7, 11) is 5.80. The molecule has 1 amide bonds. The van der Waals surface area contributed by atoms with Gasteiger partial charge >= 0.3 is 0 Å². The molecule has 0 unspecified atom stereocenters. The average molecular weight is 353 g/mol. The van der Waals surface area contributed by atoms with Crippen LogP contribution in [0.2, 0.25) is 0 Å². The van der Waals surface area contributed by atoms with Gasteiger partial charge in [-0.25, -0.2) is 0 Å². The summed E-state index contributed by atoms with van der Waals surface area (Å²) in [6.07, 6.45) is 4.74. The Hall–Kier alpha value is -2.40. The van der Waals surface area contributed by atoms with Crippen LogP contribution in [-0.4, -0.2) is 40.9 Å². The zero-order valence-electron chi connectivity index (χ0n) is 15.8. The van der Waals surface area contributed by atoms with E-state index in [1.54, 1.807) is 19.3 Å². The van der Waals surface area contributed by atoms with Crippen molar-refractivity contribution in [2.45, 2.75) is 31.8 Å². The van der Waals surface area contributed by atoms with E-state index >= 15 is 0 Å². The zero-order valence-corrected chi connectivity index (χ0v) is 15.8. The lowest BCUT2D eigenvalue weighted by atomic mass is 9.94. The number of aromatic nitrogens is 1. The van der Waals surface area contributed by atoms with Crippen molar-refractivity contribution in [3.8, 4) is 0 Å². The van der Waals surface area contributed by atoms with E-state index in [2.05, 4.69) is 43.3 Å². The summed E-state index contributed by atoms with van der Waals surface area (Å²) < 4.78 is 1.48. The van der Waals surface area contributed by atoms with Gasteiger partial charge in [-0.15, -0.1) is 0 Å². The van der Waals surface area contributed by atoms with E-state index in [0.29, 0.717) is 5.56 Å². The van der Waals surface area contributed by atoms with E-state index in [1.165, 1.54) is 21.8 Å². The number of hydrogen-bond acceptors (Lipinski definition) is 3. The second kappa shape index (κ2) is 7.87. The number of pyridine rings is 1. The molecule has 1 aromatic carbocycles. The number of hydrogen-bond donors (Lipinski definition) is 0. The molecule has 26 heavy (non-hydrogen) atoms. The first-order valence-electron chi connectivity index (χ1n) is 9.17. The maximum absolute atomic E-state index is 13.0. The molecule has 5 heteroatoms. The Morgan fingerprint density at radius 1 is 1.15 bits per heavy atom. The number of carbonyl (C=O) groups excluding carboxylic acids is 1. The highest BCUT2D eigenvalue weighted by molar-refractivity contribution is 5.94. The van der Waals surface area contributed by atoms with Crippen molar-refractivity contribution in [3.05, 3.63) is 69.6 Å². The van der Waals surface area contributed by atoms with E-state index in [0.717, 1.165) is 32.4 Å². The van der Waals surface area contributed by atoms with Gasteiger partial charge < -0.3 is 14.4 Å². The SMILES string of the molecule is CN(C)Cc1ccc([C@H]2CCCCN2C(=O)c2ccn(C)c(=O)c2)cc1. The van der Waals surface area contributed by atoms with Gasteiger partial charge in [0.05, 0.1) is 6.04 Å². The van der Waals surface area contributed by atoms with Gasteiger partial charge in [0.15, 0.2) is 0 Å². The molecule has 1 fully saturated rings. The van der Waals surface area contributed by atoms with Crippen LogP contribution >= 0.6 is 0 Å². The number of aryl methyl sites for hydroxylation is 1. The van der Waals surface area contributed by atoms with E-state index in [1.807, 2.05) is 4.90 Å². The summed E-state index contributed by atoms with van der Waals surface area (Å²) in [6, 6.07) is 11.8. The lowest BCUT2D eigenvalue weighted by molar-refractivity contribution is 0.0611. The number of rotatable bonds is 4. The number of amides is 1. The molecular formula is C21H27N3O2. The highest BCUT2D eigenvalue weighted by Gasteiger charge is 2.28. The quantitative estimate of drug-likeness (QED) is 0.849. The topological polar surface area (TPSA) is 45.5 Å². The van der Waals surface area contributed by atoms with E-state index in [9.17, 15) is 9.59 Å². The minimum absolute atomic E-state index is 0.0511. The summed E-state index contributed by atoms with van der Waals surface area (Å²) in [4.78, 5) is 29.0. The first-order chi connectivity index (χ1) is 12.5. The van der Waals surface area contributed by atoms with Gasteiger partial charge in [-0.1, -0.05) is 24.3 Å². The van der Waals surface area contributed by atoms with E-state index in [4.69, 9.17) is 0 Å². The largest absolute Gasteiger partial charge is 0.332 e. The number of piperidine rings is 1. The maximum atomic E-state index is 13.0. The molecule has 0 radical (unpaired) electrons. The fraction of sp³-hybridized carbons (Fsp3) is 0.429. The number of nitrogens with zero attached hydrogens (tertiary/aromatic N) is 3. The number of likely N-dealkylation sites (tertiary alicyclic amines) is 1. The van der Waals surface area contributed by atoms with Crippen molar-refractivity contribution in [2.24, 2.45) is 7.05 Å². The highest BCUT2D eigenvalue weighted by Crippen LogP contribution is 2.32. The van der Waals surface area contributed by atoms with Crippen LogP contribution in [0.25, 0.3) is 0 Å². The molecule has 5 nitrogen and oxygen atoms in total. The summed E-state index contributed by atoms with van der Waals surface area (Å²) in [5.41, 5.74) is 2.75. The fourth-order valence-electron chi connectivity index (χ4n) is 3.58. The van der Waals surface area contributed by atoms with Crippen LogP contribution in [0.4, 0.5) is 0 Å². The molecule has 1 aromatic heterocycles. The molecule has 1 aliphatic rings. The highest BCUT2D eigenvalue weighted by atomic mass is 16.2. The molecule has 138 valence electrons. The molecule has 0 N–H and O–H groups in total. The minimum atomic E-state index is -0.155. The van der Waals surface area contributed by atoms with Gasteiger partial charge in [-0.05, 0) is 50.6 Å². The Balaban J connectivity index is 1.84. The van der Waals surface area contributed by atoms with Crippen molar-refractivity contribution in [3.63, 3.8) is 0 Å². The maximum Gasteiger partial charge on any atom is 0.254 e. The van der Waals surface area contributed by atoms with Gasteiger partial charge in [0, 0.05) is 38.0 Å². The summed E-state index contributed by atoms with van der Waals surface area (Å²) in [5, 5.41) is 0. The van der Waals surface area contributed by atoms with E-state index < -0.39 is 0 Å². The van der Waals surface area contributed by atoms with Crippen molar-refractivity contribution in [2.75, 3.05) is 20.6 Å². The fourth-order valence-corrected chi connectivity index (χ4v) is 3.58. The lowest BCUT2D eigenvalue weighted by Gasteiger charge is -2.36.